The molecule has 12 heteroatoms. The number of ether oxygens (including phenoxy) is 3. The van der Waals surface area contributed by atoms with E-state index in [1.54, 1.807) is 58.6 Å². The molecule has 4 aromatic rings. The number of alkyl carbamates (subject to hydrolysis) is 1. The monoisotopic (exact) mass is 655 g/mol. The summed E-state index contributed by atoms with van der Waals surface area (Å²) in [6.45, 7) is 12.8. The molecule has 0 unspecified atom stereocenters. The lowest BCUT2D eigenvalue weighted by molar-refractivity contribution is 0.0552. The van der Waals surface area contributed by atoms with E-state index in [0.717, 1.165) is 28.3 Å². The van der Waals surface area contributed by atoms with Gasteiger partial charge in [0, 0.05) is 17.7 Å². The topological polar surface area (TPSA) is 145 Å². The highest BCUT2D eigenvalue weighted by atomic mass is 16.6. The highest BCUT2D eigenvalue weighted by Crippen LogP contribution is 2.33. The maximum atomic E-state index is 12.7. The molecule has 1 aliphatic heterocycles. The number of aliphatic imine (C=N–C) groups is 1. The molecular formula is C36H41N5O7. The molecular weight excluding hydrogens is 614 g/mol. The average molecular weight is 656 g/mol. The van der Waals surface area contributed by atoms with Gasteiger partial charge in [-0.15, -0.1) is 4.99 Å². The first-order chi connectivity index (χ1) is 22.6. The lowest BCUT2D eigenvalue weighted by Crippen LogP contribution is -2.46. The first kappa shape index (κ1) is 34.1. The van der Waals surface area contributed by atoms with Crippen molar-refractivity contribution in [3.05, 3.63) is 77.7 Å². The number of carbonyl (C=O) groups excluding carboxylic acids is 3. The molecule has 2 amide bonds. The molecule has 0 radical (unpaired) electrons. The summed E-state index contributed by atoms with van der Waals surface area (Å²) in [6.07, 6.45) is -0.266. The number of fused-ring (bicyclic) bond motifs is 1. The van der Waals surface area contributed by atoms with Crippen LogP contribution in [0.3, 0.4) is 0 Å². The minimum absolute atomic E-state index is 0.0231. The lowest BCUT2D eigenvalue weighted by atomic mass is 10.1. The van der Waals surface area contributed by atoms with Crippen LogP contribution in [0.1, 0.15) is 82.2 Å². The van der Waals surface area contributed by atoms with Crippen molar-refractivity contribution in [1.82, 2.24) is 20.4 Å². The average Bonchev–Trinajstić information content (AvgIpc) is 3.68. The van der Waals surface area contributed by atoms with Crippen LogP contribution in [-0.4, -0.2) is 63.3 Å². The van der Waals surface area contributed by atoms with E-state index in [-0.39, 0.29) is 18.3 Å². The van der Waals surface area contributed by atoms with Crippen LogP contribution in [-0.2, 0) is 9.47 Å². The molecule has 2 heterocycles. The minimum atomic E-state index is -0.854. The van der Waals surface area contributed by atoms with Gasteiger partial charge >= 0.3 is 12.2 Å². The predicted molar refractivity (Wildman–Crippen MR) is 180 cm³/mol. The van der Waals surface area contributed by atoms with Crippen molar-refractivity contribution in [3.8, 4) is 17.1 Å². The molecule has 0 saturated carbocycles. The number of amides is 2. The molecule has 1 N–H and O–H groups in total. The molecule has 1 aromatic heterocycles. The SMILES string of the molecule is Cc1ccc(C(=O)COc2ccc3cc(-c4noc([C@@H]5CCCN5C(=NC(=O)OC(C)(C)C)NC(=O)OC(C)(C)C)n4)ccc3c2)cc1. The normalized spacial score (nSPS) is 15.4. The Labute approximate surface area is 279 Å². The number of aryl methyl sites for hydroxylation is 1. The summed E-state index contributed by atoms with van der Waals surface area (Å²) >= 11 is 0. The van der Waals surface area contributed by atoms with Crippen molar-refractivity contribution in [2.45, 2.75) is 78.6 Å². The molecule has 3 aromatic carbocycles. The molecule has 1 saturated heterocycles. The third-order valence-electron chi connectivity index (χ3n) is 7.27. The Balaban J connectivity index is 1.32. The van der Waals surface area contributed by atoms with E-state index in [1.807, 2.05) is 55.5 Å². The lowest BCUT2D eigenvalue weighted by Gasteiger charge is -2.27. The number of benzene rings is 3. The Kier molecular flexibility index (Phi) is 9.83. The van der Waals surface area contributed by atoms with Crippen LogP contribution in [0.15, 0.2) is 70.2 Å². The summed E-state index contributed by atoms with van der Waals surface area (Å²) in [7, 11) is 0. The highest BCUT2D eigenvalue weighted by Gasteiger charge is 2.35. The van der Waals surface area contributed by atoms with Crippen molar-refractivity contribution in [2.75, 3.05) is 13.2 Å². The highest BCUT2D eigenvalue weighted by molar-refractivity contribution is 5.99. The Morgan fingerprint density at radius 3 is 2.33 bits per heavy atom. The van der Waals surface area contributed by atoms with E-state index in [1.165, 1.54) is 0 Å². The second kappa shape index (κ2) is 13.8. The predicted octanol–water partition coefficient (Wildman–Crippen LogP) is 7.41. The quantitative estimate of drug-likeness (QED) is 0.127. The van der Waals surface area contributed by atoms with Crippen molar-refractivity contribution >= 4 is 34.7 Å². The minimum Gasteiger partial charge on any atom is -0.485 e. The maximum absolute atomic E-state index is 12.7. The summed E-state index contributed by atoms with van der Waals surface area (Å²) < 4.78 is 22.3. The van der Waals surface area contributed by atoms with Crippen LogP contribution in [0.2, 0.25) is 0 Å². The van der Waals surface area contributed by atoms with Crippen LogP contribution >= 0.6 is 0 Å². The van der Waals surface area contributed by atoms with Gasteiger partial charge in [-0.2, -0.15) is 4.98 Å². The zero-order valence-electron chi connectivity index (χ0n) is 28.3. The van der Waals surface area contributed by atoms with Crippen LogP contribution in [0.25, 0.3) is 22.2 Å². The fraction of sp³-hybridized carbons (Fsp3) is 0.389. The van der Waals surface area contributed by atoms with Gasteiger partial charge in [0.05, 0.1) is 0 Å². The fourth-order valence-corrected chi connectivity index (χ4v) is 5.12. The standard InChI is InChI=1S/C36H41N5O7/c1-22-10-12-23(13-11-22)29(42)21-45-27-17-16-24-19-26(15-14-25(24)20-27)30-37-31(48-40-30)28-9-8-18-41(28)32(38-33(43)46-35(2,3)4)39-34(44)47-36(5,6)7/h10-17,19-20,28H,8-9,18,21H2,1-7H3,(H,38,39,43,44)/t28-/m0/s1. The molecule has 5 rings (SSSR count). The number of rotatable bonds is 6. The molecule has 252 valence electrons. The molecule has 1 fully saturated rings. The van der Waals surface area contributed by atoms with Gasteiger partial charge < -0.3 is 23.6 Å². The molecule has 0 spiro atoms. The number of nitrogens with zero attached hydrogens (tertiary/aromatic N) is 4. The number of guanidine groups is 1. The van der Waals surface area contributed by atoms with E-state index >= 15 is 0 Å². The molecule has 1 aliphatic rings. The third kappa shape index (κ3) is 8.96. The van der Waals surface area contributed by atoms with Crippen molar-refractivity contribution < 1.29 is 33.1 Å². The Hall–Kier alpha value is -5.26. The maximum Gasteiger partial charge on any atom is 0.437 e. The molecule has 0 bridgehead atoms. The van der Waals surface area contributed by atoms with Gasteiger partial charge in [0.15, 0.2) is 12.4 Å². The summed E-state index contributed by atoms with van der Waals surface area (Å²) in [4.78, 5) is 48.5. The number of Topliss-reactive ketones (excluding diaryl/α,β-unsaturated/α-hetero) is 1. The largest absolute Gasteiger partial charge is 0.485 e. The van der Waals surface area contributed by atoms with E-state index in [4.69, 9.17) is 18.7 Å². The molecule has 1 atom stereocenters. The molecule has 12 nitrogen and oxygen atoms in total. The van der Waals surface area contributed by atoms with Gasteiger partial charge in [-0.1, -0.05) is 53.2 Å². The van der Waals surface area contributed by atoms with Crippen LogP contribution < -0.4 is 10.1 Å². The number of likely N-dealkylation sites (tertiary alicyclic amines) is 1. The van der Waals surface area contributed by atoms with E-state index < -0.39 is 29.4 Å². The number of carbonyl (C=O) groups is 3. The summed E-state index contributed by atoms with van der Waals surface area (Å²) in [5.74, 6) is 1.16. The van der Waals surface area contributed by atoms with Crippen molar-refractivity contribution in [2.24, 2.45) is 4.99 Å². The number of aromatic nitrogens is 2. The third-order valence-corrected chi connectivity index (χ3v) is 7.27. The van der Waals surface area contributed by atoms with E-state index in [0.29, 0.717) is 36.0 Å². The van der Waals surface area contributed by atoms with Crippen LogP contribution in [0, 0.1) is 6.92 Å². The van der Waals surface area contributed by atoms with E-state index in [2.05, 4.69) is 20.4 Å². The van der Waals surface area contributed by atoms with E-state index in [9.17, 15) is 14.4 Å². The summed E-state index contributed by atoms with van der Waals surface area (Å²) in [6, 6.07) is 18.3. The van der Waals surface area contributed by atoms with Gasteiger partial charge in [-0.05, 0) is 90.3 Å². The van der Waals surface area contributed by atoms with Gasteiger partial charge in [-0.3, -0.25) is 10.1 Å². The second-order valence-electron chi connectivity index (χ2n) is 13.7. The first-order valence-corrected chi connectivity index (χ1v) is 15.8. The second-order valence-corrected chi connectivity index (χ2v) is 13.7. The fourth-order valence-electron chi connectivity index (χ4n) is 5.12. The Morgan fingerprint density at radius 2 is 1.62 bits per heavy atom. The van der Waals surface area contributed by atoms with Crippen LogP contribution in [0.5, 0.6) is 5.75 Å². The van der Waals surface area contributed by atoms with Gasteiger partial charge in [0.25, 0.3) is 0 Å². The molecule has 0 aliphatic carbocycles. The Bertz CT molecular complexity index is 1830. The van der Waals surface area contributed by atoms with Gasteiger partial charge in [-0.25, -0.2) is 9.59 Å². The Morgan fingerprint density at radius 1 is 0.938 bits per heavy atom. The summed E-state index contributed by atoms with van der Waals surface area (Å²) in [5, 5.41) is 8.69. The zero-order valence-corrected chi connectivity index (χ0v) is 28.3. The smallest absolute Gasteiger partial charge is 0.437 e. The first-order valence-electron chi connectivity index (χ1n) is 15.8. The molecule has 48 heavy (non-hydrogen) atoms. The van der Waals surface area contributed by atoms with Gasteiger partial charge in [0.2, 0.25) is 17.7 Å². The van der Waals surface area contributed by atoms with Crippen LogP contribution in [0.4, 0.5) is 9.59 Å². The van der Waals surface area contributed by atoms with Gasteiger partial charge in [0.1, 0.15) is 23.0 Å². The van der Waals surface area contributed by atoms with Crippen molar-refractivity contribution in [3.63, 3.8) is 0 Å². The number of hydrogen-bond acceptors (Lipinski definition) is 9. The number of ketones is 1. The van der Waals surface area contributed by atoms with Crippen molar-refractivity contribution in [1.29, 1.82) is 0 Å². The zero-order chi connectivity index (χ0) is 34.6. The summed E-state index contributed by atoms with van der Waals surface area (Å²) in [5.41, 5.74) is 0.892. The number of nitrogens with one attached hydrogen (secondary N) is 1. The number of hydrogen-bond donors (Lipinski definition) is 1.